The van der Waals surface area contributed by atoms with Gasteiger partial charge in [0, 0.05) is 18.7 Å². The van der Waals surface area contributed by atoms with Crippen LogP contribution in [0.4, 0.5) is 48.3 Å². The van der Waals surface area contributed by atoms with Crippen LogP contribution in [0, 0.1) is 40.8 Å². The molecule has 0 aromatic heterocycles. The lowest BCUT2D eigenvalue weighted by Crippen LogP contribution is -2.25. The Labute approximate surface area is 219 Å². The van der Waals surface area contributed by atoms with Crippen molar-refractivity contribution in [3.63, 3.8) is 0 Å². The Bertz CT molecular complexity index is 1340. The van der Waals surface area contributed by atoms with Gasteiger partial charge in [-0.05, 0) is 54.2 Å². The third-order valence-electron chi connectivity index (χ3n) is 6.00. The minimum atomic E-state index is -5.52. The molecule has 4 rings (SSSR count). The van der Waals surface area contributed by atoms with Crippen LogP contribution in [0.5, 0.6) is 11.5 Å². The Morgan fingerprint density at radius 1 is 0.700 bits per heavy atom. The summed E-state index contributed by atoms with van der Waals surface area (Å²) in [5, 5.41) is 0. The summed E-state index contributed by atoms with van der Waals surface area (Å²) in [6.07, 6.45) is -9.94. The first kappa shape index (κ1) is 29.4. The van der Waals surface area contributed by atoms with Crippen LogP contribution in [0.1, 0.15) is 37.0 Å². The predicted octanol–water partition coefficient (Wildman–Crippen LogP) is 8.70. The van der Waals surface area contributed by atoms with Gasteiger partial charge in [0.05, 0.1) is 11.7 Å². The number of rotatable bonds is 6. The number of alkyl halides is 5. The highest BCUT2D eigenvalue weighted by Crippen LogP contribution is 2.40. The molecule has 3 aromatic carbocycles. The minimum Gasteiger partial charge on any atom is -0.429 e. The fourth-order valence-electron chi connectivity index (χ4n) is 4.20. The molecule has 0 bridgehead atoms. The average molecular weight is 586 g/mol. The summed E-state index contributed by atoms with van der Waals surface area (Å²) in [7, 11) is 0. The standard InChI is InChI=1S/C26H17F11O3/c1-11-2-3-21(38-10-11)12-4-15(27)22(16(28)5-12)13-6-17(29)23(18(30)7-13)25(33,34)39-14-8-19(31)24(20(32)9-14)40-26(35,36)37/h4-9,11,21H,2-3,10H2,1H3. The third-order valence-corrected chi connectivity index (χ3v) is 6.00. The van der Waals surface area contributed by atoms with Crippen LogP contribution in [0.2, 0.25) is 0 Å². The molecule has 2 atom stereocenters. The quantitative estimate of drug-likeness (QED) is 0.271. The van der Waals surface area contributed by atoms with E-state index >= 15 is 0 Å². The largest absolute Gasteiger partial charge is 0.573 e. The Balaban J connectivity index is 1.63. The van der Waals surface area contributed by atoms with E-state index in [2.05, 4.69) is 9.47 Å². The van der Waals surface area contributed by atoms with E-state index in [-0.39, 0.29) is 35.7 Å². The van der Waals surface area contributed by atoms with Crippen LogP contribution < -0.4 is 9.47 Å². The van der Waals surface area contributed by atoms with E-state index in [4.69, 9.17) is 4.74 Å². The van der Waals surface area contributed by atoms with Crippen molar-refractivity contribution < 1.29 is 62.5 Å². The molecule has 3 aromatic rings. The Kier molecular flexibility index (Phi) is 7.94. The highest BCUT2D eigenvalue weighted by molar-refractivity contribution is 5.66. The topological polar surface area (TPSA) is 27.7 Å². The maximum Gasteiger partial charge on any atom is 0.573 e. The molecule has 0 amide bonds. The zero-order chi connectivity index (χ0) is 29.6. The van der Waals surface area contributed by atoms with E-state index in [1.807, 2.05) is 6.92 Å². The number of halogens is 11. The van der Waals surface area contributed by atoms with Gasteiger partial charge in [0.2, 0.25) is 5.75 Å². The van der Waals surface area contributed by atoms with E-state index in [0.29, 0.717) is 13.0 Å². The van der Waals surface area contributed by atoms with Crippen molar-refractivity contribution in [2.24, 2.45) is 5.92 Å². The zero-order valence-electron chi connectivity index (χ0n) is 20.1. The Morgan fingerprint density at radius 3 is 1.73 bits per heavy atom. The molecule has 1 saturated heterocycles. The van der Waals surface area contributed by atoms with Crippen LogP contribution in [0.3, 0.4) is 0 Å². The van der Waals surface area contributed by atoms with Crippen LogP contribution in [0.25, 0.3) is 11.1 Å². The summed E-state index contributed by atoms with van der Waals surface area (Å²) < 4.78 is 166. The molecule has 0 N–H and O–H groups in total. The van der Waals surface area contributed by atoms with Crippen molar-refractivity contribution in [3.8, 4) is 22.6 Å². The minimum absolute atomic E-state index is 0.134. The first-order chi connectivity index (χ1) is 18.6. The van der Waals surface area contributed by atoms with Gasteiger partial charge in [-0.2, -0.15) is 8.78 Å². The molecule has 216 valence electrons. The molecular weight excluding hydrogens is 569 g/mol. The van der Waals surface area contributed by atoms with Gasteiger partial charge in [-0.1, -0.05) is 6.92 Å². The molecule has 1 aliphatic rings. The van der Waals surface area contributed by atoms with E-state index in [9.17, 15) is 48.3 Å². The molecule has 1 aliphatic heterocycles. The van der Waals surface area contributed by atoms with Gasteiger partial charge in [0.1, 0.15) is 34.6 Å². The van der Waals surface area contributed by atoms with Crippen LogP contribution in [-0.4, -0.2) is 13.0 Å². The summed E-state index contributed by atoms with van der Waals surface area (Å²) in [4.78, 5) is 0. The van der Waals surface area contributed by atoms with Crippen molar-refractivity contribution in [2.45, 2.75) is 38.3 Å². The first-order valence-electron chi connectivity index (χ1n) is 11.5. The summed E-state index contributed by atoms with van der Waals surface area (Å²) in [5.41, 5.74) is -3.69. The number of benzene rings is 3. The van der Waals surface area contributed by atoms with E-state index < -0.39 is 81.7 Å². The lowest BCUT2D eigenvalue weighted by Gasteiger charge is -2.27. The number of hydrogen-bond acceptors (Lipinski definition) is 3. The second-order valence-corrected chi connectivity index (χ2v) is 9.06. The number of hydrogen-bond donors (Lipinski definition) is 0. The molecule has 0 saturated carbocycles. The van der Waals surface area contributed by atoms with Gasteiger partial charge in [-0.3, -0.25) is 0 Å². The molecular formula is C26H17F11O3. The van der Waals surface area contributed by atoms with Crippen molar-refractivity contribution in [2.75, 3.05) is 6.61 Å². The monoisotopic (exact) mass is 586 g/mol. The summed E-state index contributed by atoms with van der Waals surface area (Å²) >= 11 is 0. The van der Waals surface area contributed by atoms with Gasteiger partial charge >= 0.3 is 12.5 Å². The van der Waals surface area contributed by atoms with Gasteiger partial charge in [0.15, 0.2) is 11.6 Å². The molecule has 1 fully saturated rings. The van der Waals surface area contributed by atoms with Gasteiger partial charge in [-0.25, -0.2) is 26.3 Å². The lowest BCUT2D eigenvalue weighted by molar-refractivity contribution is -0.276. The van der Waals surface area contributed by atoms with E-state index in [1.54, 1.807) is 0 Å². The van der Waals surface area contributed by atoms with Gasteiger partial charge in [0.25, 0.3) is 0 Å². The molecule has 14 heteroatoms. The second kappa shape index (κ2) is 10.8. The molecule has 0 radical (unpaired) electrons. The third kappa shape index (κ3) is 6.26. The predicted molar refractivity (Wildman–Crippen MR) is 116 cm³/mol. The van der Waals surface area contributed by atoms with Crippen molar-refractivity contribution >= 4 is 0 Å². The van der Waals surface area contributed by atoms with Crippen molar-refractivity contribution in [1.82, 2.24) is 0 Å². The fraction of sp³-hybridized carbons (Fsp3) is 0.308. The molecule has 3 nitrogen and oxygen atoms in total. The van der Waals surface area contributed by atoms with Crippen LogP contribution in [0.15, 0.2) is 36.4 Å². The first-order valence-corrected chi connectivity index (χ1v) is 11.5. The summed E-state index contributed by atoms with van der Waals surface area (Å²) in [6, 6.07) is 1.91. The fourth-order valence-corrected chi connectivity index (χ4v) is 4.20. The second-order valence-electron chi connectivity index (χ2n) is 9.06. The Hall–Kier alpha value is -3.55. The molecule has 40 heavy (non-hydrogen) atoms. The molecule has 1 heterocycles. The smallest absolute Gasteiger partial charge is 0.429 e. The van der Waals surface area contributed by atoms with Gasteiger partial charge in [-0.15, -0.1) is 13.2 Å². The maximum atomic E-state index is 14.9. The van der Waals surface area contributed by atoms with E-state index in [0.717, 1.165) is 18.6 Å². The average Bonchev–Trinajstić information content (AvgIpc) is 2.80. The normalized spacial score (nSPS) is 18.1. The van der Waals surface area contributed by atoms with Crippen LogP contribution in [-0.2, 0) is 10.8 Å². The van der Waals surface area contributed by atoms with Crippen molar-refractivity contribution in [3.05, 3.63) is 82.4 Å². The van der Waals surface area contributed by atoms with E-state index in [1.165, 1.54) is 0 Å². The number of ether oxygens (including phenoxy) is 3. The summed E-state index contributed by atoms with van der Waals surface area (Å²) in [6.45, 7) is 2.29. The summed E-state index contributed by atoms with van der Waals surface area (Å²) in [5.74, 6) is -14.0. The molecule has 2 unspecified atom stereocenters. The Morgan fingerprint density at radius 2 is 1.25 bits per heavy atom. The van der Waals surface area contributed by atoms with Gasteiger partial charge < -0.3 is 14.2 Å². The van der Waals surface area contributed by atoms with Crippen molar-refractivity contribution in [1.29, 1.82) is 0 Å². The molecule has 0 aliphatic carbocycles. The zero-order valence-corrected chi connectivity index (χ0v) is 20.1. The highest BCUT2D eigenvalue weighted by Gasteiger charge is 2.42. The SMILES string of the molecule is CC1CCC(c2cc(F)c(-c3cc(F)c(C(F)(F)Oc4cc(F)c(OC(F)(F)F)c(F)c4)c(F)c3)c(F)c2)OC1. The molecule has 0 spiro atoms. The lowest BCUT2D eigenvalue weighted by atomic mass is 9.93. The maximum absolute atomic E-state index is 14.9. The van der Waals surface area contributed by atoms with Crippen LogP contribution >= 0.6 is 0 Å². The highest BCUT2D eigenvalue weighted by atomic mass is 19.4.